The fourth-order valence-corrected chi connectivity index (χ4v) is 3.49. The van der Waals surface area contributed by atoms with Gasteiger partial charge in [-0.25, -0.2) is 4.98 Å². The van der Waals surface area contributed by atoms with Gasteiger partial charge in [0.05, 0.1) is 10.6 Å². The van der Waals surface area contributed by atoms with E-state index in [-0.39, 0.29) is 11.0 Å². The first-order chi connectivity index (χ1) is 10.7. The summed E-state index contributed by atoms with van der Waals surface area (Å²) in [6.07, 6.45) is 0. The van der Waals surface area contributed by atoms with Gasteiger partial charge < -0.3 is 5.32 Å². The molecule has 0 saturated carbocycles. The van der Waals surface area contributed by atoms with Gasteiger partial charge in [0.2, 0.25) is 0 Å². The minimum atomic E-state index is -0.242. The number of rotatable bonds is 3. The van der Waals surface area contributed by atoms with E-state index in [0.717, 1.165) is 10.6 Å². The summed E-state index contributed by atoms with van der Waals surface area (Å²) in [6, 6.07) is 12.9. The molecule has 1 amide bonds. The molecule has 22 heavy (non-hydrogen) atoms. The number of amides is 1. The zero-order valence-corrected chi connectivity index (χ0v) is 13.7. The van der Waals surface area contributed by atoms with Crippen LogP contribution in [-0.4, -0.2) is 16.0 Å². The first-order valence-corrected chi connectivity index (χ1v) is 8.56. The van der Waals surface area contributed by atoms with Gasteiger partial charge >= 0.3 is 0 Å². The minimum absolute atomic E-state index is 0.237. The third kappa shape index (κ3) is 3.56. The van der Waals surface area contributed by atoms with Crippen LogP contribution in [0, 0.1) is 0 Å². The molecule has 1 aromatic carbocycles. The SMILES string of the molecule is O=C(NC(=S)Nc1nc(-c2cccs2)cs1)c1ccccc1. The summed E-state index contributed by atoms with van der Waals surface area (Å²) in [4.78, 5) is 17.5. The molecule has 0 aliphatic rings. The van der Waals surface area contributed by atoms with Crippen LogP contribution in [0.5, 0.6) is 0 Å². The summed E-state index contributed by atoms with van der Waals surface area (Å²) in [5.41, 5.74) is 1.46. The normalized spacial score (nSPS) is 10.2. The van der Waals surface area contributed by atoms with Crippen LogP contribution in [0.4, 0.5) is 5.13 Å². The van der Waals surface area contributed by atoms with Crippen molar-refractivity contribution in [3.8, 4) is 10.6 Å². The Balaban J connectivity index is 1.61. The Bertz CT molecular complexity index is 781. The number of hydrogen-bond donors (Lipinski definition) is 2. The van der Waals surface area contributed by atoms with E-state index in [4.69, 9.17) is 12.2 Å². The smallest absolute Gasteiger partial charge is 0.257 e. The summed E-state index contributed by atoms with van der Waals surface area (Å²) >= 11 is 8.22. The number of thiophene rings is 1. The maximum atomic E-state index is 12.0. The Labute approximate surface area is 140 Å². The highest BCUT2D eigenvalue weighted by Crippen LogP contribution is 2.28. The average Bonchev–Trinajstić information content (AvgIpc) is 3.19. The maximum Gasteiger partial charge on any atom is 0.257 e. The Morgan fingerprint density at radius 3 is 2.64 bits per heavy atom. The monoisotopic (exact) mass is 345 g/mol. The Hall–Kier alpha value is -2.09. The van der Waals surface area contributed by atoms with Gasteiger partial charge in [0.15, 0.2) is 10.2 Å². The van der Waals surface area contributed by atoms with Crippen molar-refractivity contribution in [1.82, 2.24) is 10.3 Å². The summed E-state index contributed by atoms with van der Waals surface area (Å²) in [5.74, 6) is -0.242. The van der Waals surface area contributed by atoms with Crippen molar-refractivity contribution < 1.29 is 4.79 Å². The van der Waals surface area contributed by atoms with E-state index in [2.05, 4.69) is 15.6 Å². The van der Waals surface area contributed by atoms with E-state index in [1.807, 2.05) is 29.0 Å². The molecule has 110 valence electrons. The van der Waals surface area contributed by atoms with Gasteiger partial charge in [-0.15, -0.1) is 22.7 Å². The van der Waals surface area contributed by atoms with Gasteiger partial charge in [-0.05, 0) is 35.8 Å². The van der Waals surface area contributed by atoms with Crippen molar-refractivity contribution in [2.75, 3.05) is 5.32 Å². The summed E-state index contributed by atoms with van der Waals surface area (Å²) < 4.78 is 0. The molecule has 0 saturated heterocycles. The fourth-order valence-electron chi connectivity index (χ4n) is 1.76. The maximum absolute atomic E-state index is 12.0. The highest BCUT2D eigenvalue weighted by molar-refractivity contribution is 7.80. The number of nitrogens with zero attached hydrogens (tertiary/aromatic N) is 1. The van der Waals surface area contributed by atoms with E-state index in [9.17, 15) is 4.79 Å². The Morgan fingerprint density at radius 1 is 1.09 bits per heavy atom. The molecule has 0 aliphatic heterocycles. The first-order valence-electron chi connectivity index (χ1n) is 6.39. The molecule has 2 heterocycles. The molecule has 0 radical (unpaired) electrons. The largest absolute Gasteiger partial charge is 0.308 e. The Morgan fingerprint density at radius 2 is 1.91 bits per heavy atom. The van der Waals surface area contributed by atoms with Crippen LogP contribution in [-0.2, 0) is 0 Å². The van der Waals surface area contributed by atoms with Gasteiger partial charge in [0.25, 0.3) is 5.91 Å². The van der Waals surface area contributed by atoms with Crippen molar-refractivity contribution >= 4 is 51.0 Å². The van der Waals surface area contributed by atoms with E-state index in [1.165, 1.54) is 11.3 Å². The van der Waals surface area contributed by atoms with Gasteiger partial charge in [0.1, 0.15) is 0 Å². The molecule has 4 nitrogen and oxygen atoms in total. The lowest BCUT2D eigenvalue weighted by Crippen LogP contribution is -2.34. The van der Waals surface area contributed by atoms with Gasteiger partial charge in [-0.2, -0.15) is 0 Å². The lowest BCUT2D eigenvalue weighted by atomic mass is 10.2. The van der Waals surface area contributed by atoms with E-state index in [1.54, 1.807) is 35.6 Å². The van der Waals surface area contributed by atoms with Crippen LogP contribution in [0.1, 0.15) is 10.4 Å². The van der Waals surface area contributed by atoms with Crippen molar-refractivity contribution in [2.24, 2.45) is 0 Å². The average molecular weight is 345 g/mol. The van der Waals surface area contributed by atoms with E-state index >= 15 is 0 Å². The molecule has 0 unspecified atom stereocenters. The number of carbonyl (C=O) groups is 1. The van der Waals surface area contributed by atoms with E-state index in [0.29, 0.717) is 10.7 Å². The predicted octanol–water partition coefficient (Wildman–Crippen LogP) is 4.00. The topological polar surface area (TPSA) is 54.0 Å². The number of anilines is 1. The number of carbonyl (C=O) groups excluding carboxylic acids is 1. The number of thiocarbonyl (C=S) groups is 1. The van der Waals surface area contributed by atoms with Crippen LogP contribution >= 0.6 is 34.9 Å². The lowest BCUT2D eigenvalue weighted by molar-refractivity contribution is 0.0978. The van der Waals surface area contributed by atoms with Crippen molar-refractivity contribution in [1.29, 1.82) is 0 Å². The molecule has 2 aromatic heterocycles. The van der Waals surface area contributed by atoms with Crippen LogP contribution < -0.4 is 10.6 Å². The van der Waals surface area contributed by atoms with Gasteiger partial charge in [-0.3, -0.25) is 10.1 Å². The molecular formula is C15H11N3OS3. The summed E-state index contributed by atoms with van der Waals surface area (Å²) in [5, 5.41) is 10.4. The molecule has 0 aliphatic carbocycles. The molecule has 0 spiro atoms. The third-order valence-electron chi connectivity index (χ3n) is 2.76. The fraction of sp³-hybridized carbons (Fsp3) is 0. The number of hydrogen-bond acceptors (Lipinski definition) is 5. The van der Waals surface area contributed by atoms with Crippen molar-refractivity contribution in [3.63, 3.8) is 0 Å². The van der Waals surface area contributed by atoms with Crippen LogP contribution in [0.25, 0.3) is 10.6 Å². The molecule has 0 fully saturated rings. The number of thiazole rings is 1. The molecule has 2 N–H and O–H groups in total. The highest BCUT2D eigenvalue weighted by atomic mass is 32.1. The van der Waals surface area contributed by atoms with Gasteiger partial charge in [0, 0.05) is 10.9 Å². The van der Waals surface area contributed by atoms with Crippen molar-refractivity contribution in [2.45, 2.75) is 0 Å². The number of nitrogens with one attached hydrogen (secondary N) is 2. The lowest BCUT2D eigenvalue weighted by Gasteiger charge is -2.06. The second-order valence-electron chi connectivity index (χ2n) is 4.29. The molecular weight excluding hydrogens is 334 g/mol. The molecule has 0 atom stereocenters. The molecule has 7 heteroatoms. The summed E-state index contributed by atoms with van der Waals surface area (Å²) in [7, 11) is 0. The van der Waals surface area contributed by atoms with Crippen LogP contribution in [0.15, 0.2) is 53.2 Å². The molecule has 3 rings (SSSR count). The second-order valence-corrected chi connectivity index (χ2v) is 6.50. The number of aromatic nitrogens is 1. The van der Waals surface area contributed by atoms with Crippen LogP contribution in [0.3, 0.4) is 0 Å². The van der Waals surface area contributed by atoms with Gasteiger partial charge in [-0.1, -0.05) is 24.3 Å². The number of benzene rings is 1. The standard InChI is InChI=1S/C15H11N3OS3/c19-13(10-5-2-1-3-6-10)17-14(20)18-15-16-11(9-22-15)12-7-4-8-21-12/h1-9H,(H2,16,17,18,19,20). The molecule has 3 aromatic rings. The Kier molecular flexibility index (Phi) is 4.57. The summed E-state index contributed by atoms with van der Waals surface area (Å²) in [6.45, 7) is 0. The van der Waals surface area contributed by atoms with Crippen LogP contribution in [0.2, 0.25) is 0 Å². The second kappa shape index (κ2) is 6.78. The first kappa shape index (κ1) is 14.8. The highest BCUT2D eigenvalue weighted by Gasteiger charge is 2.10. The van der Waals surface area contributed by atoms with E-state index < -0.39 is 0 Å². The van der Waals surface area contributed by atoms with Crippen molar-refractivity contribution in [3.05, 3.63) is 58.8 Å². The molecule has 0 bridgehead atoms. The minimum Gasteiger partial charge on any atom is -0.308 e. The third-order valence-corrected chi connectivity index (χ3v) is 4.62. The zero-order chi connectivity index (χ0) is 15.4. The predicted molar refractivity (Wildman–Crippen MR) is 95.6 cm³/mol. The zero-order valence-electron chi connectivity index (χ0n) is 11.3. The quantitative estimate of drug-likeness (QED) is 0.705.